The number of thioether (sulfide) groups is 1. The van der Waals surface area contributed by atoms with Gasteiger partial charge in [0.2, 0.25) is 0 Å². The van der Waals surface area contributed by atoms with Crippen molar-refractivity contribution in [2.24, 2.45) is 0 Å². The first-order chi connectivity index (χ1) is 6.74. The molecule has 1 heterocycles. The minimum Gasteiger partial charge on any atom is -0.358 e. The van der Waals surface area contributed by atoms with Crippen LogP contribution in [-0.4, -0.2) is 16.3 Å². The molecule has 0 saturated carbocycles. The van der Waals surface area contributed by atoms with Crippen molar-refractivity contribution in [2.75, 3.05) is 6.26 Å². The molecule has 0 fully saturated rings. The van der Waals surface area contributed by atoms with Crippen LogP contribution < -0.4 is 0 Å². The minimum absolute atomic E-state index is 0.625. The smallest absolute Gasteiger partial charge is 0.0964 e. The van der Waals surface area contributed by atoms with Crippen molar-refractivity contribution in [1.29, 1.82) is 5.41 Å². The van der Waals surface area contributed by atoms with Gasteiger partial charge in [0, 0.05) is 22.2 Å². The Bertz CT molecular complexity index is 485. The monoisotopic (exact) mass is 204 g/mol. The first-order valence-corrected chi connectivity index (χ1v) is 5.66. The maximum Gasteiger partial charge on any atom is 0.0964 e. The van der Waals surface area contributed by atoms with Crippen molar-refractivity contribution in [3.8, 4) is 0 Å². The molecule has 0 aliphatic heterocycles. The van der Waals surface area contributed by atoms with Crippen molar-refractivity contribution >= 4 is 27.7 Å². The maximum absolute atomic E-state index is 7.86. The number of hydrogen-bond acceptors (Lipinski definition) is 2. The summed E-state index contributed by atoms with van der Waals surface area (Å²) >= 11 is 1.47. The number of nitrogens with one attached hydrogen (secondary N) is 2. The van der Waals surface area contributed by atoms with E-state index in [0.717, 1.165) is 22.2 Å². The predicted octanol–water partition coefficient (Wildman–Crippen LogP) is 3.16. The molecule has 14 heavy (non-hydrogen) atoms. The van der Waals surface area contributed by atoms with E-state index in [0.29, 0.717) is 5.04 Å². The molecule has 0 bridgehead atoms. The molecule has 0 saturated heterocycles. The summed E-state index contributed by atoms with van der Waals surface area (Å²) in [6.07, 6.45) is 1.93. The van der Waals surface area contributed by atoms with Crippen LogP contribution in [0.1, 0.15) is 11.3 Å². The fourth-order valence-corrected chi connectivity index (χ4v) is 2.14. The van der Waals surface area contributed by atoms with Crippen molar-refractivity contribution < 1.29 is 0 Å². The normalized spacial score (nSPS) is 10.7. The molecule has 2 nitrogen and oxygen atoms in total. The maximum atomic E-state index is 7.86. The zero-order valence-corrected chi connectivity index (χ0v) is 9.03. The molecule has 0 aliphatic rings. The molecule has 2 rings (SSSR count). The Labute approximate surface area is 87.2 Å². The van der Waals surface area contributed by atoms with E-state index in [2.05, 4.69) is 11.1 Å². The number of fused-ring (bicyclic) bond motifs is 1. The summed E-state index contributed by atoms with van der Waals surface area (Å²) in [7, 11) is 0. The van der Waals surface area contributed by atoms with Gasteiger partial charge in [-0.3, -0.25) is 5.41 Å². The van der Waals surface area contributed by atoms with E-state index in [4.69, 9.17) is 5.41 Å². The lowest BCUT2D eigenvalue weighted by Gasteiger charge is -1.99. The van der Waals surface area contributed by atoms with Gasteiger partial charge < -0.3 is 4.98 Å². The van der Waals surface area contributed by atoms with Crippen molar-refractivity contribution in [3.05, 3.63) is 35.5 Å². The highest BCUT2D eigenvalue weighted by Crippen LogP contribution is 2.24. The summed E-state index contributed by atoms with van der Waals surface area (Å²) in [6, 6.07) is 8.11. The van der Waals surface area contributed by atoms with Crippen LogP contribution in [0, 0.1) is 12.3 Å². The summed E-state index contributed by atoms with van der Waals surface area (Å²) in [6.45, 7) is 2.01. The third-order valence-electron chi connectivity index (χ3n) is 2.32. The molecule has 1 aromatic heterocycles. The molecule has 3 heteroatoms. The van der Waals surface area contributed by atoms with Gasteiger partial charge >= 0.3 is 0 Å². The van der Waals surface area contributed by atoms with E-state index in [-0.39, 0.29) is 0 Å². The second-order valence-corrected chi connectivity index (χ2v) is 4.02. The summed E-state index contributed by atoms with van der Waals surface area (Å²) in [5.74, 6) is 0. The van der Waals surface area contributed by atoms with Gasteiger partial charge in [-0.05, 0) is 19.2 Å². The second kappa shape index (κ2) is 3.50. The molecule has 0 amide bonds. The van der Waals surface area contributed by atoms with E-state index in [9.17, 15) is 0 Å². The van der Waals surface area contributed by atoms with Gasteiger partial charge in [-0.25, -0.2) is 0 Å². The standard InChI is InChI=1S/C11H12N2S/c1-7-10(11(12)14-2)8-5-3-4-6-9(8)13-7/h3-6,12-13H,1-2H3. The third-order valence-corrected chi connectivity index (χ3v) is 2.94. The minimum atomic E-state index is 0.625. The topological polar surface area (TPSA) is 39.6 Å². The number of benzene rings is 1. The van der Waals surface area contributed by atoms with Crippen molar-refractivity contribution in [3.63, 3.8) is 0 Å². The fraction of sp³-hybridized carbons (Fsp3) is 0.182. The first kappa shape index (κ1) is 9.34. The highest BCUT2D eigenvalue weighted by molar-refractivity contribution is 8.13. The van der Waals surface area contributed by atoms with Crippen LogP contribution in [-0.2, 0) is 0 Å². The molecular weight excluding hydrogens is 192 g/mol. The number of para-hydroxylation sites is 1. The van der Waals surface area contributed by atoms with Crippen LogP contribution in [0.2, 0.25) is 0 Å². The first-order valence-electron chi connectivity index (χ1n) is 4.44. The van der Waals surface area contributed by atoms with Crippen LogP contribution in [0.15, 0.2) is 24.3 Å². The lowest BCUT2D eigenvalue weighted by molar-refractivity contribution is 1.29. The average molecular weight is 204 g/mol. The van der Waals surface area contributed by atoms with Crippen LogP contribution in [0.5, 0.6) is 0 Å². The zero-order chi connectivity index (χ0) is 10.1. The SMILES string of the molecule is CSC(=N)c1c(C)[nH]c2ccccc12. The lowest BCUT2D eigenvalue weighted by atomic mass is 10.1. The number of aromatic nitrogens is 1. The highest BCUT2D eigenvalue weighted by Gasteiger charge is 2.10. The Morgan fingerprint density at radius 2 is 2.07 bits per heavy atom. The molecule has 1 aromatic carbocycles. The molecule has 0 atom stereocenters. The van der Waals surface area contributed by atoms with Crippen LogP contribution in [0.3, 0.4) is 0 Å². The van der Waals surface area contributed by atoms with E-state index in [1.54, 1.807) is 0 Å². The predicted molar refractivity (Wildman–Crippen MR) is 63.4 cm³/mol. The molecular formula is C11H12N2S. The van der Waals surface area contributed by atoms with Gasteiger partial charge in [0.05, 0.1) is 5.04 Å². The van der Waals surface area contributed by atoms with Crippen LogP contribution in [0.25, 0.3) is 10.9 Å². The highest BCUT2D eigenvalue weighted by atomic mass is 32.2. The Kier molecular flexibility index (Phi) is 2.33. The summed E-state index contributed by atoms with van der Waals surface area (Å²) in [4.78, 5) is 3.29. The molecule has 0 unspecified atom stereocenters. The Morgan fingerprint density at radius 1 is 1.36 bits per heavy atom. The number of aromatic amines is 1. The van der Waals surface area contributed by atoms with E-state index >= 15 is 0 Å². The third kappa shape index (κ3) is 1.34. The van der Waals surface area contributed by atoms with Gasteiger partial charge in [-0.15, -0.1) is 11.8 Å². The Morgan fingerprint density at radius 3 is 2.79 bits per heavy atom. The largest absolute Gasteiger partial charge is 0.358 e. The number of aryl methyl sites for hydroxylation is 1. The van der Waals surface area contributed by atoms with Gasteiger partial charge in [0.15, 0.2) is 0 Å². The van der Waals surface area contributed by atoms with Gasteiger partial charge in [0.25, 0.3) is 0 Å². The molecule has 72 valence electrons. The van der Waals surface area contributed by atoms with E-state index < -0.39 is 0 Å². The average Bonchev–Trinajstić information content (AvgIpc) is 2.53. The van der Waals surface area contributed by atoms with Gasteiger partial charge in [0.1, 0.15) is 0 Å². The number of rotatable bonds is 1. The fourth-order valence-electron chi connectivity index (χ4n) is 1.67. The van der Waals surface area contributed by atoms with Crippen molar-refractivity contribution in [2.45, 2.75) is 6.92 Å². The summed E-state index contributed by atoms with van der Waals surface area (Å²) < 4.78 is 0. The molecule has 2 N–H and O–H groups in total. The number of H-pyrrole nitrogens is 1. The van der Waals surface area contributed by atoms with Gasteiger partial charge in [-0.2, -0.15) is 0 Å². The second-order valence-electron chi connectivity index (χ2n) is 3.20. The van der Waals surface area contributed by atoms with Crippen LogP contribution >= 0.6 is 11.8 Å². The van der Waals surface area contributed by atoms with Crippen LogP contribution in [0.4, 0.5) is 0 Å². The number of hydrogen-bond donors (Lipinski definition) is 2. The van der Waals surface area contributed by atoms with Gasteiger partial charge in [-0.1, -0.05) is 18.2 Å². The lowest BCUT2D eigenvalue weighted by Crippen LogP contribution is -1.93. The Hall–Kier alpha value is -1.22. The van der Waals surface area contributed by atoms with Crippen molar-refractivity contribution in [1.82, 2.24) is 4.98 Å². The molecule has 0 spiro atoms. The van der Waals surface area contributed by atoms with E-state index in [1.807, 2.05) is 31.4 Å². The Balaban J connectivity index is 2.74. The zero-order valence-electron chi connectivity index (χ0n) is 8.22. The summed E-state index contributed by atoms with van der Waals surface area (Å²) in [5.41, 5.74) is 3.22. The van der Waals surface area contributed by atoms with E-state index in [1.165, 1.54) is 11.8 Å². The molecule has 0 radical (unpaired) electrons. The quantitative estimate of drug-likeness (QED) is 0.543. The summed E-state index contributed by atoms with van der Waals surface area (Å²) in [5, 5.41) is 9.63. The molecule has 2 aromatic rings. The molecule has 0 aliphatic carbocycles.